The van der Waals surface area contributed by atoms with Crippen LogP contribution in [-0.2, 0) is 0 Å². The first-order valence-electron chi connectivity index (χ1n) is 7.02. The van der Waals surface area contributed by atoms with Gasteiger partial charge in [-0.2, -0.15) is 0 Å². The number of hydrogen-bond donors (Lipinski definition) is 2. The number of aromatic nitrogens is 2. The van der Waals surface area contributed by atoms with Crippen molar-refractivity contribution in [3.05, 3.63) is 76.5 Å². The number of halogens is 2. The summed E-state index contributed by atoms with van der Waals surface area (Å²) in [5, 5.41) is 6.60. The van der Waals surface area contributed by atoms with Gasteiger partial charge in [0.2, 0.25) is 5.95 Å². The number of rotatable bonds is 4. The zero-order valence-corrected chi connectivity index (χ0v) is 13.8. The monoisotopic (exact) mass is 358 g/mol. The Labute approximate surface area is 148 Å². The van der Waals surface area contributed by atoms with E-state index in [1.54, 1.807) is 18.2 Å². The zero-order chi connectivity index (χ0) is 16.9. The molecule has 0 unspecified atom stereocenters. The first-order chi connectivity index (χ1) is 11.6. The number of nitrogens with one attached hydrogen (secondary N) is 2. The van der Waals surface area contributed by atoms with Gasteiger partial charge < -0.3 is 10.6 Å². The molecule has 0 atom stereocenters. The molecule has 2 aromatic carbocycles. The van der Waals surface area contributed by atoms with Crippen molar-refractivity contribution in [2.75, 3.05) is 10.6 Å². The molecule has 3 rings (SSSR count). The summed E-state index contributed by atoms with van der Waals surface area (Å²) in [6.45, 7) is 0. The molecule has 24 heavy (non-hydrogen) atoms. The van der Waals surface area contributed by atoms with E-state index in [-0.39, 0.29) is 5.91 Å². The van der Waals surface area contributed by atoms with Crippen LogP contribution >= 0.6 is 23.2 Å². The maximum absolute atomic E-state index is 12.2. The van der Waals surface area contributed by atoms with Gasteiger partial charge in [0.1, 0.15) is 0 Å². The molecule has 0 aliphatic carbocycles. The Morgan fingerprint density at radius 1 is 0.958 bits per heavy atom. The minimum absolute atomic E-state index is 0.319. The van der Waals surface area contributed by atoms with Crippen LogP contribution < -0.4 is 10.6 Å². The summed E-state index contributed by atoms with van der Waals surface area (Å²) in [7, 11) is 0. The fraction of sp³-hybridized carbons (Fsp3) is 0. The number of para-hydroxylation sites is 1. The Kier molecular flexibility index (Phi) is 4.93. The first kappa shape index (κ1) is 16.2. The highest BCUT2D eigenvalue weighted by atomic mass is 35.5. The Hall–Kier alpha value is -2.63. The van der Waals surface area contributed by atoms with Crippen molar-refractivity contribution in [3.63, 3.8) is 0 Å². The normalized spacial score (nSPS) is 10.2. The Bertz CT molecular complexity index is 854. The predicted octanol–water partition coefficient (Wildman–Crippen LogP) is 4.78. The van der Waals surface area contributed by atoms with Gasteiger partial charge in [0.05, 0.1) is 16.3 Å². The van der Waals surface area contributed by atoms with Crippen LogP contribution in [0.15, 0.2) is 60.9 Å². The molecular formula is C17H12Cl2N4O. The van der Waals surface area contributed by atoms with Gasteiger partial charge in [-0.3, -0.25) is 4.79 Å². The van der Waals surface area contributed by atoms with Gasteiger partial charge in [0.15, 0.2) is 0 Å². The third-order valence-corrected chi connectivity index (χ3v) is 3.67. The van der Waals surface area contributed by atoms with Crippen LogP contribution in [0.1, 0.15) is 10.4 Å². The fourth-order valence-corrected chi connectivity index (χ4v) is 2.40. The third kappa shape index (κ3) is 4.01. The van der Waals surface area contributed by atoms with Crippen LogP contribution in [0.25, 0.3) is 0 Å². The van der Waals surface area contributed by atoms with Gasteiger partial charge in [-0.05, 0) is 30.3 Å². The lowest BCUT2D eigenvalue weighted by atomic mass is 10.2. The van der Waals surface area contributed by atoms with E-state index < -0.39 is 0 Å². The van der Waals surface area contributed by atoms with Crippen molar-refractivity contribution in [2.45, 2.75) is 0 Å². The van der Waals surface area contributed by atoms with Gasteiger partial charge in [-0.15, -0.1) is 0 Å². The standard InChI is InChI=1S/C17H12Cl2N4O/c18-12-6-7-15(14(19)8-12)23-16(24)11-9-20-17(21-10-11)22-13-4-2-1-3-5-13/h1-10H,(H,23,24)(H,20,21,22). The van der Waals surface area contributed by atoms with E-state index in [0.29, 0.717) is 27.2 Å². The summed E-state index contributed by atoms with van der Waals surface area (Å²) in [6.07, 6.45) is 2.88. The van der Waals surface area contributed by atoms with Crippen LogP contribution in [0, 0.1) is 0 Å². The molecule has 5 nitrogen and oxygen atoms in total. The van der Waals surface area contributed by atoms with Crippen molar-refractivity contribution in [2.24, 2.45) is 0 Å². The van der Waals surface area contributed by atoms with E-state index in [1.165, 1.54) is 12.4 Å². The van der Waals surface area contributed by atoms with Crippen molar-refractivity contribution >= 4 is 46.4 Å². The van der Waals surface area contributed by atoms with E-state index in [9.17, 15) is 4.79 Å². The van der Waals surface area contributed by atoms with E-state index in [4.69, 9.17) is 23.2 Å². The van der Waals surface area contributed by atoms with E-state index in [0.717, 1.165) is 5.69 Å². The van der Waals surface area contributed by atoms with Gasteiger partial charge in [-0.25, -0.2) is 9.97 Å². The highest BCUT2D eigenvalue weighted by Crippen LogP contribution is 2.25. The first-order valence-corrected chi connectivity index (χ1v) is 7.78. The van der Waals surface area contributed by atoms with Crippen molar-refractivity contribution in [1.82, 2.24) is 9.97 Å². The molecule has 1 amide bonds. The molecule has 2 N–H and O–H groups in total. The van der Waals surface area contributed by atoms with Gasteiger partial charge in [-0.1, -0.05) is 41.4 Å². The van der Waals surface area contributed by atoms with Crippen molar-refractivity contribution in [3.8, 4) is 0 Å². The lowest BCUT2D eigenvalue weighted by Gasteiger charge is -2.08. The molecule has 1 aromatic heterocycles. The maximum atomic E-state index is 12.2. The number of amides is 1. The largest absolute Gasteiger partial charge is 0.324 e. The number of carbonyl (C=O) groups excluding carboxylic acids is 1. The molecule has 0 radical (unpaired) electrons. The molecular weight excluding hydrogens is 347 g/mol. The highest BCUT2D eigenvalue weighted by Gasteiger charge is 2.10. The number of nitrogens with zero attached hydrogens (tertiary/aromatic N) is 2. The number of carbonyl (C=O) groups is 1. The summed E-state index contributed by atoms with van der Waals surface area (Å²) in [6, 6.07) is 14.4. The van der Waals surface area contributed by atoms with Crippen LogP contribution in [0.2, 0.25) is 10.0 Å². The molecule has 0 saturated carbocycles. The summed E-state index contributed by atoms with van der Waals surface area (Å²) in [5.74, 6) is 0.0489. The lowest BCUT2D eigenvalue weighted by Crippen LogP contribution is -2.13. The Morgan fingerprint density at radius 3 is 2.33 bits per heavy atom. The molecule has 0 bridgehead atoms. The molecule has 0 fully saturated rings. The third-order valence-electron chi connectivity index (χ3n) is 3.12. The number of anilines is 3. The van der Waals surface area contributed by atoms with Gasteiger partial charge in [0.25, 0.3) is 5.91 Å². The second-order valence-corrected chi connectivity index (χ2v) is 5.71. The Morgan fingerprint density at radius 2 is 1.67 bits per heavy atom. The van der Waals surface area contributed by atoms with Crippen molar-refractivity contribution in [1.29, 1.82) is 0 Å². The van der Waals surface area contributed by atoms with Gasteiger partial charge in [0, 0.05) is 23.1 Å². The Balaban J connectivity index is 1.69. The lowest BCUT2D eigenvalue weighted by molar-refractivity contribution is 0.102. The summed E-state index contributed by atoms with van der Waals surface area (Å²) < 4.78 is 0. The highest BCUT2D eigenvalue weighted by molar-refractivity contribution is 6.36. The summed E-state index contributed by atoms with van der Waals surface area (Å²) in [4.78, 5) is 20.5. The average Bonchev–Trinajstić information content (AvgIpc) is 2.59. The zero-order valence-electron chi connectivity index (χ0n) is 12.3. The maximum Gasteiger partial charge on any atom is 0.258 e. The van der Waals surface area contributed by atoms with Crippen LogP contribution in [0.4, 0.5) is 17.3 Å². The smallest absolute Gasteiger partial charge is 0.258 e. The number of hydrogen-bond acceptors (Lipinski definition) is 4. The van der Waals surface area contributed by atoms with E-state index in [2.05, 4.69) is 20.6 Å². The van der Waals surface area contributed by atoms with E-state index in [1.807, 2.05) is 30.3 Å². The SMILES string of the molecule is O=C(Nc1ccc(Cl)cc1Cl)c1cnc(Nc2ccccc2)nc1. The molecule has 7 heteroatoms. The summed E-state index contributed by atoms with van der Waals surface area (Å²) in [5.41, 5.74) is 1.65. The molecule has 3 aromatic rings. The predicted molar refractivity (Wildman–Crippen MR) is 96.2 cm³/mol. The molecule has 0 aliphatic heterocycles. The van der Waals surface area contributed by atoms with Crippen LogP contribution in [-0.4, -0.2) is 15.9 Å². The van der Waals surface area contributed by atoms with E-state index >= 15 is 0 Å². The second kappa shape index (κ2) is 7.29. The second-order valence-electron chi connectivity index (χ2n) is 4.86. The molecule has 120 valence electrons. The fourth-order valence-electron chi connectivity index (χ4n) is 1.95. The van der Waals surface area contributed by atoms with Crippen LogP contribution in [0.3, 0.4) is 0 Å². The number of benzene rings is 2. The molecule has 0 saturated heterocycles. The minimum atomic E-state index is -0.356. The topological polar surface area (TPSA) is 66.9 Å². The summed E-state index contributed by atoms with van der Waals surface area (Å²) >= 11 is 11.9. The average molecular weight is 359 g/mol. The molecule has 1 heterocycles. The van der Waals surface area contributed by atoms with Crippen LogP contribution in [0.5, 0.6) is 0 Å². The van der Waals surface area contributed by atoms with Gasteiger partial charge >= 0.3 is 0 Å². The molecule has 0 aliphatic rings. The van der Waals surface area contributed by atoms with Crippen molar-refractivity contribution < 1.29 is 4.79 Å². The molecule has 0 spiro atoms. The minimum Gasteiger partial charge on any atom is -0.324 e. The quantitative estimate of drug-likeness (QED) is 0.704.